The highest BCUT2D eigenvalue weighted by atomic mass is 35.5. The number of aryl methyl sites for hydroxylation is 1. The van der Waals surface area contributed by atoms with Crippen molar-refractivity contribution in [2.24, 2.45) is 5.73 Å². The van der Waals surface area contributed by atoms with Crippen molar-refractivity contribution in [3.05, 3.63) is 45.2 Å². The number of amides is 1. The van der Waals surface area contributed by atoms with Crippen LogP contribution in [-0.2, 0) is 12.2 Å². The number of nitrogens with two attached hydrogens (primary N) is 1. The van der Waals surface area contributed by atoms with Gasteiger partial charge in [0, 0.05) is 40.9 Å². The Balaban J connectivity index is 0.00000176. The molecule has 1 aromatic carbocycles. The molecular formula is C15H18ClN3O2S. The predicted molar refractivity (Wildman–Crippen MR) is 93.1 cm³/mol. The molecule has 118 valence electrons. The van der Waals surface area contributed by atoms with Crippen molar-refractivity contribution in [1.82, 2.24) is 10.3 Å². The minimum absolute atomic E-state index is 0. The summed E-state index contributed by atoms with van der Waals surface area (Å²) in [4.78, 5) is 27.0. The largest absolute Gasteiger partial charge is 0.351 e. The van der Waals surface area contributed by atoms with Crippen LogP contribution >= 0.6 is 24.2 Å². The molecule has 2 aromatic rings. The van der Waals surface area contributed by atoms with E-state index in [9.17, 15) is 9.59 Å². The van der Waals surface area contributed by atoms with Crippen molar-refractivity contribution in [3.8, 4) is 0 Å². The number of halogens is 1. The molecule has 0 radical (unpaired) electrons. The third-order valence-electron chi connectivity index (χ3n) is 3.67. The monoisotopic (exact) mass is 339 g/mol. The second kappa shape index (κ2) is 7.17. The number of carbonyl (C=O) groups excluding carboxylic acids is 1. The molecule has 0 bridgehead atoms. The van der Waals surface area contributed by atoms with Crippen LogP contribution in [0.25, 0.3) is 10.9 Å². The van der Waals surface area contributed by atoms with Crippen LogP contribution in [0.3, 0.4) is 0 Å². The molecule has 7 heteroatoms. The zero-order chi connectivity index (χ0) is 14.8. The van der Waals surface area contributed by atoms with E-state index in [1.54, 1.807) is 23.9 Å². The lowest BCUT2D eigenvalue weighted by molar-refractivity contribution is 0.0955. The Hall–Kier alpha value is -1.50. The summed E-state index contributed by atoms with van der Waals surface area (Å²) < 4.78 is 0. The predicted octanol–water partition coefficient (Wildman–Crippen LogP) is 1.43. The number of fused-ring (bicyclic) bond motifs is 3. The molecule has 0 unspecified atom stereocenters. The number of aromatic nitrogens is 1. The summed E-state index contributed by atoms with van der Waals surface area (Å²) in [6.07, 6.45) is 0.869. The lowest BCUT2D eigenvalue weighted by atomic mass is 9.99. The van der Waals surface area contributed by atoms with Gasteiger partial charge in [0.2, 0.25) is 0 Å². The number of aromatic amines is 1. The summed E-state index contributed by atoms with van der Waals surface area (Å²) in [6.45, 7) is 0.872. The van der Waals surface area contributed by atoms with E-state index in [-0.39, 0.29) is 23.9 Å². The van der Waals surface area contributed by atoms with Gasteiger partial charge in [-0.15, -0.1) is 12.4 Å². The number of rotatable bonds is 3. The smallest absolute Gasteiger partial charge is 0.252 e. The SMILES string of the molecule is Cl.NCCNC(=O)c1ccc2[nH]c(=O)c3c(c2c1)CCSC3. The molecule has 0 saturated carbocycles. The number of thioether (sulfide) groups is 1. The summed E-state index contributed by atoms with van der Waals surface area (Å²) in [7, 11) is 0. The number of benzene rings is 1. The van der Waals surface area contributed by atoms with Gasteiger partial charge in [-0.1, -0.05) is 0 Å². The maximum absolute atomic E-state index is 12.1. The van der Waals surface area contributed by atoms with E-state index in [1.807, 2.05) is 6.07 Å². The van der Waals surface area contributed by atoms with Crippen molar-refractivity contribution in [1.29, 1.82) is 0 Å². The van der Waals surface area contributed by atoms with E-state index in [4.69, 9.17) is 5.73 Å². The Bertz CT molecular complexity index is 760. The molecule has 1 aliphatic heterocycles. The van der Waals surface area contributed by atoms with Crippen molar-refractivity contribution in [3.63, 3.8) is 0 Å². The summed E-state index contributed by atoms with van der Waals surface area (Å²) in [6, 6.07) is 5.40. The van der Waals surface area contributed by atoms with Crippen molar-refractivity contribution in [2.75, 3.05) is 18.8 Å². The highest BCUT2D eigenvalue weighted by Crippen LogP contribution is 2.28. The van der Waals surface area contributed by atoms with Crippen LogP contribution in [-0.4, -0.2) is 29.7 Å². The minimum Gasteiger partial charge on any atom is -0.351 e. The lowest BCUT2D eigenvalue weighted by Crippen LogP contribution is -2.29. The van der Waals surface area contributed by atoms with Crippen LogP contribution in [0.1, 0.15) is 21.5 Å². The summed E-state index contributed by atoms with van der Waals surface area (Å²) >= 11 is 1.77. The van der Waals surface area contributed by atoms with Crippen LogP contribution < -0.4 is 16.6 Å². The second-order valence-electron chi connectivity index (χ2n) is 5.02. The Morgan fingerprint density at radius 3 is 2.95 bits per heavy atom. The van der Waals surface area contributed by atoms with Gasteiger partial charge >= 0.3 is 0 Å². The van der Waals surface area contributed by atoms with E-state index >= 15 is 0 Å². The fourth-order valence-corrected chi connectivity index (χ4v) is 3.62. The third kappa shape index (κ3) is 3.14. The Kier molecular flexibility index (Phi) is 5.50. The van der Waals surface area contributed by atoms with E-state index in [0.717, 1.165) is 40.0 Å². The molecule has 1 aromatic heterocycles. The molecule has 0 aliphatic carbocycles. The zero-order valence-electron chi connectivity index (χ0n) is 12.0. The molecule has 5 nitrogen and oxygen atoms in total. The Morgan fingerprint density at radius 1 is 1.36 bits per heavy atom. The van der Waals surface area contributed by atoms with Crippen LogP contribution in [0.2, 0.25) is 0 Å². The summed E-state index contributed by atoms with van der Waals surface area (Å²) in [5.74, 6) is 1.62. The maximum atomic E-state index is 12.1. The van der Waals surface area contributed by atoms with Crippen LogP contribution in [0.4, 0.5) is 0 Å². The Morgan fingerprint density at radius 2 is 2.18 bits per heavy atom. The molecule has 0 fully saturated rings. The molecular weight excluding hydrogens is 322 g/mol. The number of hydrogen-bond donors (Lipinski definition) is 3. The average Bonchev–Trinajstić information content (AvgIpc) is 2.52. The molecule has 22 heavy (non-hydrogen) atoms. The van der Waals surface area contributed by atoms with Gasteiger partial charge in [0.1, 0.15) is 0 Å². The van der Waals surface area contributed by atoms with Gasteiger partial charge in [-0.05, 0) is 35.9 Å². The fraction of sp³-hybridized carbons (Fsp3) is 0.333. The number of nitrogens with one attached hydrogen (secondary N) is 2. The molecule has 1 aliphatic rings. The van der Waals surface area contributed by atoms with Gasteiger partial charge in [0.15, 0.2) is 0 Å². The third-order valence-corrected chi connectivity index (χ3v) is 4.65. The topological polar surface area (TPSA) is 88.0 Å². The van der Waals surface area contributed by atoms with Gasteiger partial charge < -0.3 is 16.0 Å². The standard InChI is InChI=1S/C15H17N3O2S.ClH/c16-4-5-17-14(19)9-1-2-13-11(7-9)10-3-6-21-8-12(10)15(20)18-13;/h1-2,7H,3-6,8,16H2,(H,17,19)(H,18,20);1H. The molecule has 0 saturated heterocycles. The lowest BCUT2D eigenvalue weighted by Gasteiger charge is -2.17. The first kappa shape index (κ1) is 16.9. The summed E-state index contributed by atoms with van der Waals surface area (Å²) in [5, 5.41) is 3.74. The molecule has 4 N–H and O–H groups in total. The van der Waals surface area contributed by atoms with Crippen molar-refractivity contribution in [2.45, 2.75) is 12.2 Å². The molecule has 1 amide bonds. The molecule has 0 atom stereocenters. The number of pyridine rings is 1. The fourth-order valence-electron chi connectivity index (χ4n) is 2.62. The first-order chi connectivity index (χ1) is 10.2. The summed E-state index contributed by atoms with van der Waals surface area (Å²) in [5.41, 5.74) is 8.71. The first-order valence-corrected chi connectivity index (χ1v) is 8.10. The van der Waals surface area contributed by atoms with E-state index in [1.165, 1.54) is 0 Å². The molecule has 3 rings (SSSR count). The average molecular weight is 340 g/mol. The van der Waals surface area contributed by atoms with E-state index < -0.39 is 0 Å². The minimum atomic E-state index is -0.132. The zero-order valence-corrected chi connectivity index (χ0v) is 13.6. The molecule has 2 heterocycles. The number of carbonyl (C=O) groups is 1. The highest BCUT2D eigenvalue weighted by molar-refractivity contribution is 7.98. The number of H-pyrrole nitrogens is 1. The van der Waals surface area contributed by atoms with Crippen LogP contribution in [0.5, 0.6) is 0 Å². The van der Waals surface area contributed by atoms with E-state index in [2.05, 4.69) is 10.3 Å². The van der Waals surface area contributed by atoms with Gasteiger partial charge in [-0.2, -0.15) is 11.8 Å². The molecule has 0 spiro atoms. The first-order valence-electron chi connectivity index (χ1n) is 6.94. The number of hydrogen-bond acceptors (Lipinski definition) is 4. The van der Waals surface area contributed by atoms with Gasteiger partial charge in [-0.25, -0.2) is 0 Å². The van der Waals surface area contributed by atoms with Crippen molar-refractivity contribution >= 4 is 41.0 Å². The maximum Gasteiger partial charge on any atom is 0.252 e. The van der Waals surface area contributed by atoms with Gasteiger partial charge in [-0.3, -0.25) is 9.59 Å². The second-order valence-corrected chi connectivity index (χ2v) is 6.12. The van der Waals surface area contributed by atoms with Crippen molar-refractivity contribution < 1.29 is 4.79 Å². The Labute approximate surface area is 138 Å². The quantitative estimate of drug-likeness (QED) is 0.789. The van der Waals surface area contributed by atoms with E-state index in [0.29, 0.717) is 18.7 Å². The van der Waals surface area contributed by atoms with Crippen LogP contribution in [0, 0.1) is 0 Å². The van der Waals surface area contributed by atoms with Gasteiger partial charge in [0.25, 0.3) is 11.5 Å². The van der Waals surface area contributed by atoms with Crippen LogP contribution in [0.15, 0.2) is 23.0 Å². The van der Waals surface area contributed by atoms with Gasteiger partial charge in [0.05, 0.1) is 0 Å². The highest BCUT2D eigenvalue weighted by Gasteiger charge is 2.17. The normalized spacial score (nSPS) is 13.3.